The fraction of sp³-hybridized carbons (Fsp3) is 0.419. The molecule has 302 valence electrons. The summed E-state index contributed by atoms with van der Waals surface area (Å²) in [5.41, 5.74) is -0.593. The Balaban J connectivity index is 1.08. The van der Waals surface area contributed by atoms with Gasteiger partial charge in [0.1, 0.15) is 18.5 Å². The molecule has 2 aliphatic heterocycles. The highest BCUT2D eigenvalue weighted by Crippen LogP contribution is 2.39. The number of benzene rings is 1. The fourth-order valence-corrected chi connectivity index (χ4v) is 7.59. The summed E-state index contributed by atoms with van der Waals surface area (Å²) in [5.74, 6) is -1.61. The molecule has 7 rings (SSSR count). The molecule has 0 saturated carbocycles. The number of hydrogen-bond donors (Lipinski definition) is 6. The molecule has 6 heterocycles. The smallest absolute Gasteiger partial charge is 0.394 e. The molecule has 2 aliphatic rings. The van der Waals surface area contributed by atoms with Crippen molar-refractivity contribution in [2.45, 2.75) is 63.3 Å². The van der Waals surface area contributed by atoms with Gasteiger partial charge in [0.2, 0.25) is 11.9 Å². The van der Waals surface area contributed by atoms with Crippen LogP contribution >= 0.6 is 8.25 Å². The van der Waals surface area contributed by atoms with Crippen molar-refractivity contribution in [2.24, 2.45) is 5.92 Å². The van der Waals surface area contributed by atoms with E-state index in [1.54, 1.807) is 44.2 Å². The number of aromatic amines is 1. The Morgan fingerprint density at radius 1 is 1.05 bits per heavy atom. The van der Waals surface area contributed by atoms with Gasteiger partial charge in [-0.1, -0.05) is 32.0 Å². The Hall–Kier alpha value is -5.24. The molecule has 5 aromatic rings. The lowest BCUT2D eigenvalue weighted by Crippen LogP contribution is -2.41. The van der Waals surface area contributed by atoms with Crippen LogP contribution in [0.25, 0.3) is 22.3 Å². The number of anilines is 2. The third-order valence-corrected chi connectivity index (χ3v) is 10.4. The van der Waals surface area contributed by atoms with Crippen molar-refractivity contribution in [1.82, 2.24) is 43.8 Å². The minimum atomic E-state index is -4.78. The number of aliphatic hydroxyl groups excluding tert-OH is 1. The molecule has 0 aliphatic carbocycles. The van der Waals surface area contributed by atoms with Crippen LogP contribution in [0.2, 0.25) is 0 Å². The van der Waals surface area contributed by atoms with Crippen LogP contribution in [0.3, 0.4) is 0 Å². The maximum Gasteiger partial charge on any atom is 0.695 e. The Morgan fingerprint density at radius 2 is 1.77 bits per heavy atom. The van der Waals surface area contributed by atoms with Crippen molar-refractivity contribution in [3.8, 4) is 0 Å². The first kappa shape index (κ1) is 40.0. The predicted octanol–water partition coefficient (Wildman–Crippen LogP) is 0.576. The predicted molar refractivity (Wildman–Crippen MR) is 192 cm³/mol. The molecule has 6 N–H and O–H groups in total. The number of hydrogen-bond acceptors (Lipinski definition) is 16. The van der Waals surface area contributed by atoms with Crippen molar-refractivity contribution >= 4 is 64.5 Å². The molecular formula is C31H34FN11O12PS+. The van der Waals surface area contributed by atoms with Crippen LogP contribution < -0.4 is 20.9 Å². The number of amides is 2. The van der Waals surface area contributed by atoms with Gasteiger partial charge in [-0.2, -0.15) is 18.1 Å². The number of nitrogens with one attached hydrogen (secondary N) is 4. The maximum atomic E-state index is 16.1. The number of alkyl halides is 1. The Morgan fingerprint density at radius 3 is 2.47 bits per heavy atom. The van der Waals surface area contributed by atoms with E-state index in [4.69, 9.17) is 18.2 Å². The largest absolute Gasteiger partial charge is 0.695 e. The van der Waals surface area contributed by atoms with Gasteiger partial charge in [-0.3, -0.25) is 33.8 Å². The van der Waals surface area contributed by atoms with E-state index in [0.29, 0.717) is 5.56 Å². The molecule has 0 radical (unpaired) electrons. The zero-order valence-electron chi connectivity index (χ0n) is 29.7. The normalized spacial score (nSPS) is 24.0. The second-order valence-electron chi connectivity index (χ2n) is 13.1. The standard InChI is InChI=1S/C31H33FN11O12PS/c1-14(2)26(45)40-31-39-25-21(28(47)41-31)36-13-43(25)29-17(8-16(10-44)52-29)55-57(50,51)37-9-18-22(54-56(48)49)19(32)30(53-18)42-12-35-20-23(33-11-34-24(20)42)38-27(46)15-6-4-3-5-7-15/h3-7,11-14,16-19,22,29-30,37,44H,8-10H2,1-2H3,(H3-,33,34,38,39,40,41,45,46,47,48,49)/p+1/t16-,17+,18+,19+,22+,29+,30+/m0/s1. The number of halogens is 1. The second kappa shape index (κ2) is 16.3. The van der Waals surface area contributed by atoms with E-state index in [-0.39, 0.29) is 40.5 Å². The first-order valence-electron chi connectivity index (χ1n) is 17.1. The van der Waals surface area contributed by atoms with Crippen molar-refractivity contribution in [3.05, 3.63) is 65.2 Å². The highest BCUT2D eigenvalue weighted by molar-refractivity contribution is 7.84. The number of imidazole rings is 2. The monoisotopic (exact) mass is 834 g/mol. The Bertz CT molecular complexity index is 2490. The summed E-state index contributed by atoms with van der Waals surface area (Å²) < 4.78 is 81.1. The topological polar surface area (TPSA) is 306 Å². The highest BCUT2D eigenvalue weighted by atomic mass is 32.2. The molecule has 4 aromatic heterocycles. The zero-order valence-corrected chi connectivity index (χ0v) is 31.4. The van der Waals surface area contributed by atoms with E-state index in [0.717, 1.165) is 23.5 Å². The number of H-pyrrole nitrogens is 1. The number of carbonyl (C=O) groups excluding carboxylic acids is 2. The molecule has 23 nitrogen and oxygen atoms in total. The van der Waals surface area contributed by atoms with E-state index in [2.05, 4.69) is 45.3 Å². The number of ether oxygens (including phenoxy) is 2. The van der Waals surface area contributed by atoms with Crippen molar-refractivity contribution < 1.29 is 55.1 Å². The van der Waals surface area contributed by atoms with Gasteiger partial charge in [-0.05, 0) is 12.1 Å². The minimum Gasteiger partial charge on any atom is -0.394 e. The van der Waals surface area contributed by atoms with Crippen LogP contribution in [0.5, 0.6) is 0 Å². The van der Waals surface area contributed by atoms with E-state index >= 15 is 4.39 Å². The molecule has 2 saturated heterocycles. The molecule has 57 heavy (non-hydrogen) atoms. The first-order valence-corrected chi connectivity index (χ1v) is 19.6. The Kier molecular flexibility index (Phi) is 11.4. The summed E-state index contributed by atoms with van der Waals surface area (Å²) >= 11 is 0. The van der Waals surface area contributed by atoms with E-state index in [1.807, 2.05) is 0 Å². The van der Waals surface area contributed by atoms with Crippen molar-refractivity contribution in [3.63, 3.8) is 0 Å². The number of carbonyl (C=O) groups is 2. The van der Waals surface area contributed by atoms with Gasteiger partial charge in [0, 0.05) is 29.0 Å². The van der Waals surface area contributed by atoms with Crippen LogP contribution in [0, 0.1) is 5.92 Å². The first-order chi connectivity index (χ1) is 27.2. The Labute approximate surface area is 321 Å². The van der Waals surface area contributed by atoms with Crippen molar-refractivity contribution in [1.29, 1.82) is 0 Å². The lowest BCUT2D eigenvalue weighted by atomic mass is 10.1. The minimum absolute atomic E-state index is 0.00125. The summed E-state index contributed by atoms with van der Waals surface area (Å²) in [6, 6.07) is 8.24. The fourth-order valence-electron chi connectivity index (χ4n) is 6.19. The zero-order chi connectivity index (χ0) is 40.6. The lowest BCUT2D eigenvalue weighted by Gasteiger charge is -2.21. The number of nitrogens with zero attached hydrogens (tertiary/aromatic N) is 7. The van der Waals surface area contributed by atoms with Gasteiger partial charge in [0.05, 0.1) is 25.4 Å². The molecule has 0 bridgehead atoms. The van der Waals surface area contributed by atoms with Crippen LogP contribution in [0.4, 0.5) is 16.2 Å². The number of aliphatic hydroxyl groups is 1. The van der Waals surface area contributed by atoms with Crippen LogP contribution in [-0.2, 0) is 37.8 Å². The summed E-state index contributed by atoms with van der Waals surface area (Å²) in [7, 11) is -8.19. The van der Waals surface area contributed by atoms with Gasteiger partial charge >= 0.3 is 18.6 Å². The quantitative estimate of drug-likeness (QED) is 0.0834. The van der Waals surface area contributed by atoms with Gasteiger partial charge in [0.25, 0.3) is 11.5 Å². The molecular weight excluding hydrogens is 800 g/mol. The second-order valence-corrected chi connectivity index (χ2v) is 15.1. The SMILES string of the molecule is CC(C)C(=O)Nc1nc2c(ncn2[C@@H]2O[C@H](CO)C[C@H]2OS(=O)(=O)NC[C@H]2O[C@@H](n3cnc4c(NC(=O)c5ccccc5)ncnc43)[C@H](F)[C@@H]2O[P+](=O)O)c(=O)[nH]1. The molecule has 2 fully saturated rings. The molecule has 1 aromatic carbocycles. The summed E-state index contributed by atoms with van der Waals surface area (Å²) in [5, 5.41) is 15.0. The summed E-state index contributed by atoms with van der Waals surface area (Å²) in [6.45, 7) is 1.98. The number of aromatic nitrogens is 8. The average Bonchev–Trinajstić information content (AvgIpc) is 3.96. The highest BCUT2D eigenvalue weighted by Gasteiger charge is 2.52. The molecule has 0 spiro atoms. The van der Waals surface area contributed by atoms with Gasteiger partial charge in [-0.25, -0.2) is 28.5 Å². The molecule has 1 unspecified atom stereocenters. The molecule has 2 amide bonds. The van der Waals surface area contributed by atoms with Gasteiger partial charge in [0.15, 0.2) is 52.9 Å². The van der Waals surface area contributed by atoms with Gasteiger partial charge < -0.3 is 19.9 Å². The van der Waals surface area contributed by atoms with Crippen molar-refractivity contribution in [2.75, 3.05) is 23.8 Å². The van der Waals surface area contributed by atoms with E-state index in [1.165, 1.54) is 4.57 Å². The van der Waals surface area contributed by atoms with Crippen LogP contribution in [0.1, 0.15) is 43.1 Å². The van der Waals surface area contributed by atoms with Crippen LogP contribution in [0.15, 0.2) is 54.1 Å². The lowest BCUT2D eigenvalue weighted by molar-refractivity contribution is -0.118. The third kappa shape index (κ3) is 8.41. The van der Waals surface area contributed by atoms with E-state index in [9.17, 15) is 37.4 Å². The van der Waals surface area contributed by atoms with Gasteiger partial charge in [-0.15, -0.1) is 9.42 Å². The summed E-state index contributed by atoms with van der Waals surface area (Å²) in [6.07, 6.45) is -7.51. The number of rotatable bonds is 14. The van der Waals surface area contributed by atoms with E-state index < -0.39 is 98.0 Å². The molecule has 26 heteroatoms. The summed E-state index contributed by atoms with van der Waals surface area (Å²) in [4.78, 5) is 70.5. The number of fused-ring (bicyclic) bond motifs is 2. The average molecular weight is 835 g/mol. The molecule has 8 atom stereocenters. The van der Waals surface area contributed by atoms with Crippen LogP contribution in [-0.4, -0.2) is 113 Å². The maximum absolute atomic E-state index is 16.1. The third-order valence-electron chi connectivity index (χ3n) is 8.91.